The van der Waals surface area contributed by atoms with E-state index in [9.17, 15) is 9.59 Å². The van der Waals surface area contributed by atoms with Crippen LogP contribution in [0.5, 0.6) is 5.75 Å². The molecule has 1 unspecified atom stereocenters. The Bertz CT molecular complexity index is 662. The maximum atomic E-state index is 12.7. The van der Waals surface area contributed by atoms with Crippen molar-refractivity contribution < 1.29 is 19.1 Å². The van der Waals surface area contributed by atoms with Crippen LogP contribution in [0.15, 0.2) is 24.3 Å². The van der Waals surface area contributed by atoms with Gasteiger partial charge in [-0.15, -0.1) is 0 Å². The lowest BCUT2D eigenvalue weighted by atomic mass is 9.81. The molecule has 2 fully saturated rings. The number of anilines is 1. The van der Waals surface area contributed by atoms with Crippen LogP contribution in [0.4, 0.5) is 5.69 Å². The average Bonchev–Trinajstić information content (AvgIpc) is 3.21. The Morgan fingerprint density at radius 2 is 1.75 bits per heavy atom. The largest absolute Gasteiger partial charge is 0.489 e. The number of carbonyl (C=O) groups is 2. The molecule has 0 spiro atoms. The van der Waals surface area contributed by atoms with Gasteiger partial charge in [-0.1, -0.05) is 12.1 Å². The van der Waals surface area contributed by atoms with Crippen molar-refractivity contribution in [2.24, 2.45) is 11.8 Å². The molecule has 1 saturated heterocycles. The van der Waals surface area contributed by atoms with Crippen molar-refractivity contribution in [3.05, 3.63) is 24.3 Å². The molecule has 0 bridgehead atoms. The highest BCUT2D eigenvalue weighted by Crippen LogP contribution is 2.31. The van der Waals surface area contributed by atoms with Gasteiger partial charge < -0.3 is 20.1 Å². The summed E-state index contributed by atoms with van der Waals surface area (Å²) in [6.07, 6.45) is 5.27. The van der Waals surface area contributed by atoms with E-state index in [0.717, 1.165) is 45.1 Å². The first kappa shape index (κ1) is 20.6. The van der Waals surface area contributed by atoms with E-state index in [1.165, 1.54) is 0 Å². The number of nitrogens with one attached hydrogen (secondary N) is 2. The fourth-order valence-electron chi connectivity index (χ4n) is 3.94. The molecule has 0 aromatic heterocycles. The maximum Gasteiger partial charge on any atom is 0.227 e. The molecule has 2 aliphatic rings. The Morgan fingerprint density at radius 3 is 2.39 bits per heavy atom. The van der Waals surface area contributed by atoms with Crippen LogP contribution < -0.4 is 15.4 Å². The van der Waals surface area contributed by atoms with Gasteiger partial charge in [-0.25, -0.2) is 0 Å². The predicted molar refractivity (Wildman–Crippen MR) is 108 cm³/mol. The lowest BCUT2D eigenvalue weighted by Crippen LogP contribution is -2.38. The van der Waals surface area contributed by atoms with Gasteiger partial charge in [0, 0.05) is 25.0 Å². The number of benzene rings is 1. The Labute approximate surface area is 167 Å². The molecule has 1 aliphatic heterocycles. The number of para-hydroxylation sites is 2. The van der Waals surface area contributed by atoms with Gasteiger partial charge in [-0.2, -0.15) is 0 Å². The normalized spacial score (nSPS) is 24.8. The van der Waals surface area contributed by atoms with Crippen molar-refractivity contribution in [1.29, 1.82) is 0 Å². The molecule has 6 nitrogen and oxygen atoms in total. The van der Waals surface area contributed by atoms with Gasteiger partial charge >= 0.3 is 0 Å². The second-order valence-corrected chi connectivity index (χ2v) is 8.08. The number of carbonyl (C=O) groups excluding carboxylic acids is 2. The molecule has 0 radical (unpaired) electrons. The summed E-state index contributed by atoms with van der Waals surface area (Å²) in [5.74, 6) is 0.743. The fourth-order valence-corrected chi connectivity index (χ4v) is 3.94. The van der Waals surface area contributed by atoms with Crippen LogP contribution in [0.1, 0.15) is 52.4 Å². The van der Waals surface area contributed by atoms with E-state index in [1.807, 2.05) is 38.1 Å². The van der Waals surface area contributed by atoms with Crippen molar-refractivity contribution in [3.8, 4) is 5.75 Å². The highest BCUT2D eigenvalue weighted by molar-refractivity contribution is 5.94. The fraction of sp³-hybridized carbons (Fsp3) is 0.636. The molecule has 1 atom stereocenters. The summed E-state index contributed by atoms with van der Waals surface area (Å²) in [5.41, 5.74) is 0.706. The minimum absolute atomic E-state index is 0.00186. The van der Waals surface area contributed by atoms with E-state index in [1.54, 1.807) is 0 Å². The second-order valence-electron chi connectivity index (χ2n) is 8.08. The zero-order chi connectivity index (χ0) is 19.9. The minimum Gasteiger partial charge on any atom is -0.489 e. The lowest BCUT2D eigenvalue weighted by molar-refractivity contribution is -0.128. The van der Waals surface area contributed by atoms with E-state index in [-0.39, 0.29) is 35.9 Å². The number of amides is 2. The van der Waals surface area contributed by atoms with Crippen LogP contribution in [-0.4, -0.2) is 37.2 Å². The molecule has 1 saturated carbocycles. The molecule has 154 valence electrons. The highest BCUT2D eigenvalue weighted by Gasteiger charge is 2.30. The topological polar surface area (TPSA) is 76.7 Å². The molecule has 6 heteroatoms. The maximum absolute atomic E-state index is 12.7. The molecule has 1 aliphatic carbocycles. The van der Waals surface area contributed by atoms with Crippen molar-refractivity contribution in [2.75, 3.05) is 18.5 Å². The zero-order valence-corrected chi connectivity index (χ0v) is 16.9. The van der Waals surface area contributed by atoms with Crippen molar-refractivity contribution in [3.63, 3.8) is 0 Å². The zero-order valence-electron chi connectivity index (χ0n) is 16.9. The summed E-state index contributed by atoms with van der Waals surface area (Å²) in [6.45, 7) is 5.32. The number of hydrogen-bond donors (Lipinski definition) is 2. The van der Waals surface area contributed by atoms with Gasteiger partial charge in [-0.05, 0) is 64.5 Å². The van der Waals surface area contributed by atoms with Gasteiger partial charge in [0.15, 0.2) is 0 Å². The standard InChI is InChI=1S/C22H32N2O4/c1-15(2)28-20-8-4-3-7-19(20)24-22(26)17-11-9-16(10-12-17)21(25)23-14-18-6-5-13-27-18/h3-4,7-8,15-18H,5-6,9-14H2,1-2H3,(H,23,25)(H,24,26). The Morgan fingerprint density at radius 1 is 1.07 bits per heavy atom. The average molecular weight is 389 g/mol. The van der Waals surface area contributed by atoms with Crippen LogP contribution in [0.25, 0.3) is 0 Å². The molecule has 28 heavy (non-hydrogen) atoms. The SMILES string of the molecule is CC(C)Oc1ccccc1NC(=O)C1CCC(C(=O)NCC2CCCO2)CC1. The van der Waals surface area contributed by atoms with Crippen LogP contribution in [0.2, 0.25) is 0 Å². The van der Waals surface area contributed by atoms with Crippen molar-refractivity contribution in [1.82, 2.24) is 5.32 Å². The van der Waals surface area contributed by atoms with Gasteiger partial charge in [0.1, 0.15) is 5.75 Å². The van der Waals surface area contributed by atoms with Crippen LogP contribution in [0, 0.1) is 11.8 Å². The molecule has 1 aromatic rings. The van der Waals surface area contributed by atoms with Gasteiger partial charge in [-0.3, -0.25) is 9.59 Å². The number of ether oxygens (including phenoxy) is 2. The lowest BCUT2D eigenvalue weighted by Gasteiger charge is -2.27. The summed E-state index contributed by atoms with van der Waals surface area (Å²) in [4.78, 5) is 25.1. The molecule has 1 aromatic carbocycles. The second kappa shape index (κ2) is 9.92. The summed E-state index contributed by atoms with van der Waals surface area (Å²) in [6, 6.07) is 7.51. The summed E-state index contributed by atoms with van der Waals surface area (Å²) in [7, 11) is 0. The first-order valence-electron chi connectivity index (χ1n) is 10.5. The quantitative estimate of drug-likeness (QED) is 0.749. The van der Waals surface area contributed by atoms with Gasteiger partial charge in [0.25, 0.3) is 0 Å². The summed E-state index contributed by atoms with van der Waals surface area (Å²) < 4.78 is 11.3. The molecule has 1 heterocycles. The molecular weight excluding hydrogens is 356 g/mol. The van der Waals surface area contributed by atoms with E-state index in [4.69, 9.17) is 9.47 Å². The Hall–Kier alpha value is -2.08. The Balaban J connectivity index is 1.45. The Kier molecular flexibility index (Phi) is 7.31. The smallest absolute Gasteiger partial charge is 0.227 e. The highest BCUT2D eigenvalue weighted by atomic mass is 16.5. The van der Waals surface area contributed by atoms with E-state index < -0.39 is 0 Å². The monoisotopic (exact) mass is 388 g/mol. The van der Waals surface area contributed by atoms with E-state index >= 15 is 0 Å². The molecule has 2 N–H and O–H groups in total. The van der Waals surface area contributed by atoms with Crippen LogP contribution in [-0.2, 0) is 14.3 Å². The number of rotatable bonds is 7. The molecular formula is C22H32N2O4. The first-order chi connectivity index (χ1) is 13.5. The summed E-state index contributed by atoms with van der Waals surface area (Å²) in [5, 5.41) is 6.03. The van der Waals surface area contributed by atoms with Crippen LogP contribution in [0.3, 0.4) is 0 Å². The predicted octanol–water partition coefficient (Wildman–Crippen LogP) is 3.51. The van der Waals surface area contributed by atoms with E-state index in [2.05, 4.69) is 10.6 Å². The van der Waals surface area contributed by atoms with E-state index in [0.29, 0.717) is 18.0 Å². The summed E-state index contributed by atoms with van der Waals surface area (Å²) >= 11 is 0. The van der Waals surface area contributed by atoms with Gasteiger partial charge in [0.05, 0.1) is 17.9 Å². The third-order valence-corrected chi connectivity index (χ3v) is 5.50. The third-order valence-electron chi connectivity index (χ3n) is 5.50. The van der Waals surface area contributed by atoms with Gasteiger partial charge in [0.2, 0.25) is 11.8 Å². The number of hydrogen-bond acceptors (Lipinski definition) is 4. The molecule has 2 amide bonds. The third kappa shape index (κ3) is 5.71. The first-order valence-corrected chi connectivity index (χ1v) is 10.5. The minimum atomic E-state index is -0.0608. The molecule has 3 rings (SSSR count). The van der Waals surface area contributed by atoms with Crippen molar-refractivity contribution >= 4 is 17.5 Å². The van der Waals surface area contributed by atoms with Crippen molar-refractivity contribution in [2.45, 2.75) is 64.6 Å². The van der Waals surface area contributed by atoms with Crippen LogP contribution >= 0.6 is 0 Å².